The maximum Gasteiger partial charge on any atom is 1.00 e. The zero-order chi connectivity index (χ0) is 21.1. The van der Waals surface area contributed by atoms with E-state index in [0.29, 0.717) is 18.3 Å². The van der Waals surface area contributed by atoms with Gasteiger partial charge in [-0.3, -0.25) is 0 Å². The number of aliphatic hydroxyl groups is 3. The number of hydrogen-bond donors (Lipinski definition) is 3. The molecule has 0 heterocycles. The molecule has 0 aromatic rings. The summed E-state index contributed by atoms with van der Waals surface area (Å²) in [6, 6.07) is 0. The van der Waals surface area contributed by atoms with E-state index in [1.54, 1.807) is 0 Å². The van der Waals surface area contributed by atoms with E-state index in [4.69, 9.17) is 0 Å². The monoisotopic (exact) mass is 448 g/mol. The molecule has 0 saturated heterocycles. The van der Waals surface area contributed by atoms with Crippen LogP contribution in [-0.2, 0) is 4.79 Å². The number of aliphatic hydroxyl groups excluding tert-OH is 3. The number of hydrogen-bond acceptors (Lipinski definition) is 5. The van der Waals surface area contributed by atoms with E-state index in [0.717, 1.165) is 44.9 Å². The number of rotatable bonds is 4. The van der Waals surface area contributed by atoms with Crippen molar-refractivity contribution in [3.8, 4) is 0 Å². The van der Waals surface area contributed by atoms with Gasteiger partial charge < -0.3 is 30.7 Å². The first-order valence-electron chi connectivity index (χ1n) is 11.8. The normalized spacial score (nSPS) is 49.5. The molecule has 174 valence electrons. The standard InChI is InChI=1S/C24H40O5.Na.H2O/c1-13(4-7-21(28)29)16-5-6-17-22-18(12-20(27)24(16,17)3)23(2)9-8-15(25)10-14(23)11-19(22)26;;/h13-20,22,25-27H,4-12H2,1-3H3,(H,28,29);;1H2/q;+1;/p-1/t13-,14+,15-,16-,17+,18+,19-,20+,22+,23+,24-;;/m1../s1. The molecule has 0 bridgehead atoms. The number of aliphatic carboxylic acids is 1. The molecule has 0 aromatic heterocycles. The molecule has 7 heteroatoms. The van der Waals surface area contributed by atoms with Crippen molar-refractivity contribution in [1.29, 1.82) is 0 Å². The fourth-order valence-electron chi connectivity index (χ4n) is 8.68. The van der Waals surface area contributed by atoms with E-state index in [1.807, 2.05) is 0 Å². The zero-order valence-electron chi connectivity index (χ0n) is 19.7. The third-order valence-corrected chi connectivity index (χ3v) is 10.3. The molecule has 6 nitrogen and oxygen atoms in total. The topological polar surface area (TPSA) is 132 Å². The average Bonchev–Trinajstić information content (AvgIpc) is 3.01. The molecule has 4 fully saturated rings. The minimum Gasteiger partial charge on any atom is -0.550 e. The molecular weight excluding hydrogens is 407 g/mol. The van der Waals surface area contributed by atoms with E-state index in [1.165, 1.54) is 0 Å². The number of carbonyl (C=O) groups excluding carboxylic acids is 1. The predicted octanol–water partition coefficient (Wildman–Crippen LogP) is -1.71. The molecule has 31 heavy (non-hydrogen) atoms. The summed E-state index contributed by atoms with van der Waals surface area (Å²) in [4.78, 5) is 11.0. The molecule has 0 radical (unpaired) electrons. The Morgan fingerprint density at radius 2 is 1.74 bits per heavy atom. The third-order valence-electron chi connectivity index (χ3n) is 10.3. The SMILES string of the molecule is C[C@H](CCC(=O)[O-])[C@H]1CC[C@H]2[C@@H]3[C@H](O)C[C@@H]4C[C@H](O)CC[C@]4(C)[C@H]3C[C@H](O)[C@]12C.O.[Na+]. The van der Waals surface area contributed by atoms with Crippen molar-refractivity contribution in [2.75, 3.05) is 0 Å². The van der Waals surface area contributed by atoms with Gasteiger partial charge in [-0.05, 0) is 104 Å². The maximum absolute atomic E-state index is 11.5. The quantitative estimate of drug-likeness (QED) is 0.441. The molecule has 0 spiro atoms. The van der Waals surface area contributed by atoms with Gasteiger partial charge in [-0.2, -0.15) is 0 Å². The van der Waals surface area contributed by atoms with Crippen LogP contribution < -0.4 is 34.7 Å². The van der Waals surface area contributed by atoms with Gasteiger partial charge in [0.2, 0.25) is 0 Å². The Kier molecular flexibility index (Phi) is 8.79. The summed E-state index contributed by atoms with van der Waals surface area (Å²) >= 11 is 0. The fraction of sp³-hybridized carbons (Fsp3) is 0.958. The van der Waals surface area contributed by atoms with E-state index in [2.05, 4.69) is 20.8 Å². The van der Waals surface area contributed by atoms with Gasteiger partial charge in [0.05, 0.1) is 18.3 Å². The molecule has 0 unspecified atom stereocenters. The minimum absolute atomic E-state index is 0. The van der Waals surface area contributed by atoms with Crippen LogP contribution in [0.25, 0.3) is 0 Å². The van der Waals surface area contributed by atoms with Crippen LogP contribution in [0.4, 0.5) is 0 Å². The Morgan fingerprint density at radius 3 is 2.39 bits per heavy atom. The number of fused-ring (bicyclic) bond motifs is 5. The van der Waals surface area contributed by atoms with Gasteiger partial charge in [-0.1, -0.05) is 20.8 Å². The van der Waals surface area contributed by atoms with Crippen LogP contribution in [0.15, 0.2) is 0 Å². The molecule has 5 N–H and O–H groups in total. The van der Waals surface area contributed by atoms with Crippen molar-refractivity contribution in [3.63, 3.8) is 0 Å². The van der Waals surface area contributed by atoms with Crippen LogP contribution in [0.5, 0.6) is 0 Å². The van der Waals surface area contributed by atoms with Crippen LogP contribution in [0.3, 0.4) is 0 Å². The van der Waals surface area contributed by atoms with Gasteiger partial charge >= 0.3 is 29.6 Å². The summed E-state index contributed by atoms with van der Waals surface area (Å²) in [5.41, 5.74) is -0.172. The Bertz CT molecular complexity index is 646. The van der Waals surface area contributed by atoms with Crippen molar-refractivity contribution in [2.45, 2.75) is 96.9 Å². The summed E-state index contributed by atoms with van der Waals surface area (Å²) < 4.78 is 0. The second kappa shape index (κ2) is 9.89. The van der Waals surface area contributed by atoms with Crippen LogP contribution >= 0.6 is 0 Å². The van der Waals surface area contributed by atoms with Gasteiger partial charge in [0.15, 0.2) is 0 Å². The predicted molar refractivity (Wildman–Crippen MR) is 111 cm³/mol. The van der Waals surface area contributed by atoms with Crippen molar-refractivity contribution >= 4 is 5.97 Å². The molecule has 0 aliphatic heterocycles. The van der Waals surface area contributed by atoms with E-state index < -0.39 is 12.1 Å². The first-order valence-corrected chi connectivity index (χ1v) is 11.8. The zero-order valence-corrected chi connectivity index (χ0v) is 21.7. The van der Waals surface area contributed by atoms with Gasteiger partial charge in [0.1, 0.15) is 0 Å². The molecule has 11 atom stereocenters. The summed E-state index contributed by atoms with van der Waals surface area (Å²) in [7, 11) is 0. The fourth-order valence-corrected chi connectivity index (χ4v) is 8.68. The number of carboxylic acids is 1. The molecular formula is C24H41NaO6. The molecule has 4 aliphatic rings. The number of carbonyl (C=O) groups is 1. The smallest absolute Gasteiger partial charge is 0.550 e. The van der Waals surface area contributed by atoms with Crippen molar-refractivity contribution in [1.82, 2.24) is 0 Å². The Morgan fingerprint density at radius 1 is 1.06 bits per heavy atom. The largest absolute Gasteiger partial charge is 1.00 e. The van der Waals surface area contributed by atoms with E-state index >= 15 is 0 Å². The van der Waals surface area contributed by atoms with E-state index in [9.17, 15) is 25.2 Å². The minimum atomic E-state index is -0.998. The summed E-state index contributed by atoms with van der Waals surface area (Å²) in [5.74, 6) is 0.635. The first kappa shape index (κ1) is 27.6. The van der Waals surface area contributed by atoms with Gasteiger partial charge in [-0.15, -0.1) is 0 Å². The van der Waals surface area contributed by atoms with Gasteiger partial charge in [-0.25, -0.2) is 0 Å². The van der Waals surface area contributed by atoms with E-state index in [-0.39, 0.29) is 88.2 Å². The van der Waals surface area contributed by atoms with Crippen molar-refractivity contribution in [3.05, 3.63) is 0 Å². The second-order valence-corrected chi connectivity index (χ2v) is 11.4. The second-order valence-electron chi connectivity index (χ2n) is 11.4. The third kappa shape index (κ3) is 4.40. The molecule has 0 amide bonds. The van der Waals surface area contributed by atoms with Gasteiger partial charge in [0.25, 0.3) is 0 Å². The molecule has 4 aliphatic carbocycles. The Hall–Kier alpha value is 0.310. The van der Waals surface area contributed by atoms with Crippen LogP contribution in [-0.4, -0.2) is 45.1 Å². The summed E-state index contributed by atoms with van der Waals surface area (Å²) in [6.07, 6.45) is 5.72. The van der Waals surface area contributed by atoms with Crippen molar-refractivity contribution in [2.24, 2.45) is 46.3 Å². The van der Waals surface area contributed by atoms with Crippen molar-refractivity contribution < 1.29 is 60.3 Å². The molecule has 4 rings (SSSR count). The Labute approximate surface area is 208 Å². The van der Waals surface area contributed by atoms with Crippen LogP contribution in [0.1, 0.15) is 78.6 Å². The summed E-state index contributed by atoms with van der Waals surface area (Å²) in [5, 5.41) is 43.9. The molecule has 0 aromatic carbocycles. The number of carboxylic acid groups (broad SMARTS) is 1. The maximum atomic E-state index is 11.5. The summed E-state index contributed by atoms with van der Waals surface area (Å²) in [6.45, 7) is 6.67. The van der Waals surface area contributed by atoms with Gasteiger partial charge in [0, 0.05) is 5.97 Å². The average molecular weight is 449 g/mol. The first-order chi connectivity index (χ1) is 13.6. The van der Waals surface area contributed by atoms with Crippen LogP contribution in [0, 0.1) is 46.3 Å². The Balaban J connectivity index is 0.00000171. The van der Waals surface area contributed by atoms with Crippen LogP contribution in [0.2, 0.25) is 0 Å². The molecule has 4 saturated carbocycles.